The first-order chi connectivity index (χ1) is 49.4. The summed E-state index contributed by atoms with van der Waals surface area (Å²) >= 11 is 0. The monoisotopic (exact) mass is 1360 g/mol. The van der Waals surface area contributed by atoms with Crippen LogP contribution in [-0.4, -0.2) is 69.8 Å². The van der Waals surface area contributed by atoms with Crippen molar-refractivity contribution in [3.63, 3.8) is 0 Å². The minimum absolute atomic E-state index is 0.759. The second-order valence-electron chi connectivity index (χ2n) is 18.6. The van der Waals surface area contributed by atoms with E-state index in [-0.39, 0.29) is 0 Å². The molecule has 14 aromatic rings. The summed E-state index contributed by atoms with van der Waals surface area (Å²) in [6.07, 6.45) is 23.8. The van der Waals surface area contributed by atoms with Crippen LogP contribution in [0, 0.1) is 62.3 Å². The van der Waals surface area contributed by atoms with E-state index < -0.39 is 0 Å². The Kier molecular flexibility index (Phi) is 65.1. The van der Waals surface area contributed by atoms with Gasteiger partial charge in [-0.15, -0.1) is 0 Å². The van der Waals surface area contributed by atoms with E-state index in [0.717, 1.165) is 56.4 Å². The summed E-state index contributed by atoms with van der Waals surface area (Å²) in [5, 5.41) is 8.65. The highest BCUT2D eigenvalue weighted by molar-refractivity contribution is 5.84. The van der Waals surface area contributed by atoms with Crippen LogP contribution in [0.25, 0.3) is 54.3 Å². The first-order valence-electron chi connectivity index (χ1n) is 35.7. The molecule has 14 rings (SSSR count). The molecule has 14 heteroatoms. The van der Waals surface area contributed by atoms with E-state index in [4.69, 9.17) is 0 Å². The molecule has 0 bridgehead atoms. The average molecular weight is 1360 g/mol. The number of aromatic nitrogens is 14. The molecule has 0 aliphatic heterocycles. The lowest BCUT2D eigenvalue weighted by Gasteiger charge is -1.97. The van der Waals surface area contributed by atoms with Gasteiger partial charge in [0.2, 0.25) is 0 Å². The van der Waals surface area contributed by atoms with Gasteiger partial charge in [0.05, 0.1) is 22.2 Å². The molecule has 0 unspecified atom stereocenters. The van der Waals surface area contributed by atoms with Gasteiger partial charge in [0.1, 0.15) is 31.1 Å². The number of hydrogen-bond donors (Lipinski definition) is 0. The lowest BCUT2D eigenvalue weighted by Crippen LogP contribution is -1.84. The predicted octanol–water partition coefficient (Wildman–Crippen LogP) is 24.5. The molecule has 0 saturated heterocycles. The van der Waals surface area contributed by atoms with Gasteiger partial charge in [0, 0.05) is 112 Å². The summed E-state index contributed by atoms with van der Waals surface area (Å²) in [4.78, 5) is 55.3. The largest absolute Gasteiger partial charge is 0.261 e. The van der Waals surface area contributed by atoms with Gasteiger partial charge in [0.25, 0.3) is 0 Å². The average Bonchev–Trinajstić information content (AvgIpc) is 0.879. The van der Waals surface area contributed by atoms with E-state index in [0.29, 0.717) is 0 Å². The maximum atomic E-state index is 4.38. The SMILES string of the molecule is CC.CC.CC.CC.CC.CC.CC.CC.CC.Cc1cc2ccccc2cn1.Cc1ccc2ccccc2n1.Cc1ccnc2ccccc12.Cc1ccncn1.Cc1cnc2ccccc2c1.Cc1cnccn1.Cc1cncnc1.Cc1nccc2ccccc12.Cc1ncncn1. The third kappa shape index (κ3) is 44.8. The molecule has 9 heterocycles. The molecule has 0 radical (unpaired) electrons. The van der Waals surface area contributed by atoms with Crippen LogP contribution >= 0.6 is 0 Å². The van der Waals surface area contributed by atoms with E-state index in [1.807, 2.05) is 301 Å². The molecular formula is C87H122N14. The molecule has 5 aromatic carbocycles. The Bertz CT molecular complexity index is 3670. The Morgan fingerprint density at radius 3 is 1.23 bits per heavy atom. The number of pyridine rings is 5. The number of rotatable bonds is 0. The van der Waals surface area contributed by atoms with Crippen LogP contribution < -0.4 is 0 Å². The van der Waals surface area contributed by atoms with Crippen LogP contribution in [0.3, 0.4) is 0 Å². The molecule has 101 heavy (non-hydrogen) atoms. The maximum absolute atomic E-state index is 4.38. The molecule has 0 amide bonds. The molecule has 0 spiro atoms. The first-order valence-corrected chi connectivity index (χ1v) is 35.7. The fourth-order valence-corrected chi connectivity index (χ4v) is 7.45. The molecule has 0 N–H and O–H groups in total. The van der Waals surface area contributed by atoms with E-state index in [1.165, 1.54) is 74.1 Å². The van der Waals surface area contributed by atoms with Crippen LogP contribution in [0.2, 0.25) is 0 Å². The van der Waals surface area contributed by atoms with Gasteiger partial charge in [-0.25, -0.2) is 34.9 Å². The molecule has 9 aromatic heterocycles. The van der Waals surface area contributed by atoms with Gasteiger partial charge in [-0.3, -0.25) is 34.9 Å². The van der Waals surface area contributed by atoms with Crippen molar-refractivity contribution in [3.8, 4) is 0 Å². The van der Waals surface area contributed by atoms with Crippen molar-refractivity contribution in [2.24, 2.45) is 0 Å². The van der Waals surface area contributed by atoms with Crippen LogP contribution in [0.5, 0.6) is 0 Å². The van der Waals surface area contributed by atoms with Gasteiger partial charge in [-0.2, -0.15) is 0 Å². The summed E-state index contributed by atoms with van der Waals surface area (Å²) in [5.41, 5.74) is 12.0. The topological polar surface area (TPSA) is 180 Å². The second kappa shape index (κ2) is 67.9. The Labute approximate surface area is 609 Å². The quantitative estimate of drug-likeness (QED) is 0.140. The highest BCUT2D eigenvalue weighted by Gasteiger charge is 1.96. The van der Waals surface area contributed by atoms with E-state index in [1.54, 1.807) is 37.2 Å². The van der Waals surface area contributed by atoms with Gasteiger partial charge < -0.3 is 0 Å². The minimum Gasteiger partial charge on any atom is -0.261 e. The van der Waals surface area contributed by atoms with Crippen LogP contribution in [0.4, 0.5) is 0 Å². The third-order valence-electron chi connectivity index (χ3n) is 11.7. The van der Waals surface area contributed by atoms with Gasteiger partial charge in [0.15, 0.2) is 0 Å². The van der Waals surface area contributed by atoms with Crippen molar-refractivity contribution in [2.75, 3.05) is 0 Å². The van der Waals surface area contributed by atoms with Gasteiger partial charge in [-0.1, -0.05) is 234 Å². The van der Waals surface area contributed by atoms with Gasteiger partial charge in [-0.05, 0) is 144 Å². The smallest absolute Gasteiger partial charge is 0.128 e. The molecular weight excluding hydrogens is 1240 g/mol. The van der Waals surface area contributed by atoms with Crippen molar-refractivity contribution in [1.29, 1.82) is 0 Å². The molecule has 0 atom stereocenters. The zero-order valence-corrected chi connectivity index (χ0v) is 66.4. The fraction of sp³-hybridized carbons (Fsp3) is 0.310. The van der Waals surface area contributed by atoms with Crippen molar-refractivity contribution in [1.82, 2.24) is 69.8 Å². The summed E-state index contributed by atoms with van der Waals surface area (Å²) in [6.45, 7) is 53.8. The number of benzene rings is 5. The number of aryl methyl sites for hydroxylation is 9. The standard InChI is InChI=1S/5C10H9N.3C5H6N2.C4H5N3.9C2H6/c1-8-6-9-4-2-3-5-10(9)7-11-8;1-8-6-9-4-2-3-5-10(9)11-7-8;1-8-10-5-3-2-4-9(10)6-7-11-8;1-8-6-7-11-10-5-3-2-4-9(8)10;1-8-6-7-9-4-2-3-5-10(9)11-8;1-5-2-6-4-7-3-5;1-5-4-6-2-3-7-5;1-5-2-3-6-4-7-5;1-4-6-2-5-3-7-4;9*1-2/h5*2-7H,1H3;3*2-4H,1H3;2-3H,1H3;9*1-2H3. The summed E-state index contributed by atoms with van der Waals surface area (Å²) < 4.78 is 0. The van der Waals surface area contributed by atoms with Crippen LogP contribution in [-0.2, 0) is 0 Å². The Morgan fingerprint density at radius 1 is 0.228 bits per heavy atom. The predicted molar refractivity (Wildman–Crippen MR) is 439 cm³/mol. The molecule has 14 nitrogen and oxygen atoms in total. The molecule has 0 saturated carbocycles. The zero-order chi connectivity index (χ0) is 76.9. The van der Waals surface area contributed by atoms with E-state index >= 15 is 0 Å². The highest BCUT2D eigenvalue weighted by atomic mass is 15.0. The first kappa shape index (κ1) is 96.8. The number of hydrogen-bond acceptors (Lipinski definition) is 14. The van der Waals surface area contributed by atoms with Crippen molar-refractivity contribution in [2.45, 2.75) is 187 Å². The zero-order valence-electron chi connectivity index (χ0n) is 66.4. The molecule has 0 aliphatic carbocycles. The Balaban J connectivity index is -0.000000512. The van der Waals surface area contributed by atoms with Gasteiger partial charge >= 0.3 is 0 Å². The van der Waals surface area contributed by atoms with Crippen molar-refractivity contribution >= 4 is 54.3 Å². The third-order valence-corrected chi connectivity index (χ3v) is 11.7. The van der Waals surface area contributed by atoms with E-state index in [9.17, 15) is 0 Å². The molecule has 0 fully saturated rings. The summed E-state index contributed by atoms with van der Waals surface area (Å²) in [6, 6.07) is 55.2. The summed E-state index contributed by atoms with van der Waals surface area (Å²) in [7, 11) is 0. The van der Waals surface area contributed by atoms with Crippen molar-refractivity contribution in [3.05, 3.63) is 302 Å². The number of nitrogens with zero attached hydrogens (tertiary/aromatic N) is 14. The normalized spacial score (nSPS) is 8.54. The molecule has 540 valence electrons. The minimum atomic E-state index is 0.759. The van der Waals surface area contributed by atoms with Crippen molar-refractivity contribution < 1.29 is 0 Å². The highest BCUT2D eigenvalue weighted by Crippen LogP contribution is 2.17. The Morgan fingerprint density at radius 2 is 0.743 bits per heavy atom. The number of para-hydroxylation sites is 3. The lowest BCUT2D eigenvalue weighted by molar-refractivity contribution is 0.974. The lowest BCUT2D eigenvalue weighted by atomic mass is 10.1. The number of fused-ring (bicyclic) bond motifs is 5. The maximum Gasteiger partial charge on any atom is 0.128 e. The summed E-state index contributed by atoms with van der Waals surface area (Å²) in [5.74, 6) is 0.759. The molecule has 0 aliphatic rings. The Hall–Kier alpha value is -10.6. The van der Waals surface area contributed by atoms with Crippen LogP contribution in [0.15, 0.2) is 251 Å². The van der Waals surface area contributed by atoms with Crippen LogP contribution in [0.1, 0.15) is 176 Å². The van der Waals surface area contributed by atoms with E-state index in [2.05, 4.69) is 144 Å². The fourth-order valence-electron chi connectivity index (χ4n) is 7.45. The second-order valence-corrected chi connectivity index (χ2v) is 18.6.